The molecule has 3 nitrogen and oxygen atoms in total. The summed E-state index contributed by atoms with van der Waals surface area (Å²) in [7, 11) is 0. The van der Waals surface area contributed by atoms with Crippen LogP contribution in [0.25, 0.3) is 0 Å². The minimum atomic E-state index is -0.497. The van der Waals surface area contributed by atoms with Gasteiger partial charge in [0.05, 0.1) is 11.0 Å². The van der Waals surface area contributed by atoms with Crippen LogP contribution >= 0.6 is 0 Å². The Bertz CT molecular complexity index is 213. The zero-order chi connectivity index (χ0) is 12.3. The summed E-state index contributed by atoms with van der Waals surface area (Å²) in [6, 6.07) is 0. The number of hydrogen-bond donors (Lipinski definition) is 0. The Balaban J connectivity index is 4.20. The maximum atomic E-state index is 11.7. The van der Waals surface area contributed by atoms with Crippen molar-refractivity contribution in [2.75, 3.05) is 0 Å². The van der Waals surface area contributed by atoms with Gasteiger partial charge in [-0.25, -0.2) is 0 Å². The monoisotopic (exact) mass is 216 g/mol. The van der Waals surface area contributed by atoms with E-state index in [1.54, 1.807) is 6.92 Å². The molecule has 0 rings (SSSR count). The van der Waals surface area contributed by atoms with Crippen LogP contribution in [0.2, 0.25) is 0 Å². The molecule has 0 aromatic rings. The first-order chi connectivity index (χ1) is 6.58. The molecule has 0 spiro atoms. The Labute approximate surface area is 93.1 Å². The van der Waals surface area contributed by atoms with E-state index in [2.05, 4.69) is 0 Å². The van der Waals surface area contributed by atoms with E-state index in [9.17, 15) is 4.79 Å². The fraction of sp³-hybridized carbons (Fsp3) is 0.917. The zero-order valence-corrected chi connectivity index (χ0v) is 11.0. The molecule has 0 bridgehead atoms. The van der Waals surface area contributed by atoms with Crippen LogP contribution < -0.4 is 0 Å². The van der Waals surface area contributed by atoms with E-state index in [0.29, 0.717) is 0 Å². The first kappa shape index (κ1) is 14.4. The summed E-state index contributed by atoms with van der Waals surface area (Å²) >= 11 is 0. The summed E-state index contributed by atoms with van der Waals surface area (Å²) in [5.74, 6) is -0.207. The van der Waals surface area contributed by atoms with Gasteiger partial charge in [0.15, 0.2) is 0 Å². The second-order valence-corrected chi connectivity index (χ2v) is 5.44. The molecule has 0 saturated heterocycles. The molecule has 0 fully saturated rings. The van der Waals surface area contributed by atoms with Crippen molar-refractivity contribution < 1.29 is 14.3 Å². The summed E-state index contributed by atoms with van der Waals surface area (Å²) in [6.45, 7) is 13.3. The van der Waals surface area contributed by atoms with Gasteiger partial charge in [-0.1, -0.05) is 6.92 Å². The normalized spacial score (nSPS) is 14.9. The number of carbonyl (C=O) groups is 1. The summed E-state index contributed by atoms with van der Waals surface area (Å²) in [5.41, 5.74) is -0.731. The molecule has 0 amide bonds. The van der Waals surface area contributed by atoms with Gasteiger partial charge < -0.3 is 9.47 Å². The van der Waals surface area contributed by atoms with Crippen molar-refractivity contribution in [2.24, 2.45) is 5.41 Å². The third kappa shape index (κ3) is 5.78. The fourth-order valence-electron chi connectivity index (χ4n) is 0.977. The van der Waals surface area contributed by atoms with Crippen molar-refractivity contribution in [2.45, 2.75) is 66.8 Å². The number of carbonyl (C=O) groups excluding carboxylic acids is 1. The molecule has 0 saturated carbocycles. The molecule has 1 atom stereocenters. The smallest absolute Gasteiger partial charge is 0.313 e. The maximum Gasteiger partial charge on any atom is 0.313 e. The van der Waals surface area contributed by atoms with Crippen molar-refractivity contribution in [1.29, 1.82) is 0 Å². The SMILES string of the molecule is CCC(C)(C)C(=O)OC(C)OC(C)(C)C. The second kappa shape index (κ2) is 4.97. The Hall–Kier alpha value is -0.570. The predicted octanol–water partition coefficient (Wildman–Crippen LogP) is 3.13. The average molecular weight is 216 g/mol. The van der Waals surface area contributed by atoms with Gasteiger partial charge in [0, 0.05) is 0 Å². The Morgan fingerprint density at radius 3 is 2.00 bits per heavy atom. The highest BCUT2D eigenvalue weighted by molar-refractivity contribution is 5.75. The topological polar surface area (TPSA) is 35.5 Å². The van der Waals surface area contributed by atoms with Crippen molar-refractivity contribution in [3.05, 3.63) is 0 Å². The van der Waals surface area contributed by atoms with Gasteiger partial charge in [0.2, 0.25) is 6.29 Å². The van der Waals surface area contributed by atoms with Crippen molar-refractivity contribution >= 4 is 5.97 Å². The molecule has 0 heterocycles. The molecule has 1 unspecified atom stereocenters. The summed E-state index contributed by atoms with van der Waals surface area (Å²) < 4.78 is 10.7. The molecule has 3 heteroatoms. The number of ether oxygens (including phenoxy) is 2. The van der Waals surface area contributed by atoms with Crippen LogP contribution in [0.15, 0.2) is 0 Å². The molecule has 0 aromatic carbocycles. The number of hydrogen-bond acceptors (Lipinski definition) is 3. The molecule has 0 aromatic heterocycles. The molecular formula is C12H24O3. The van der Waals surface area contributed by atoms with Crippen LogP contribution in [0, 0.1) is 5.41 Å². The first-order valence-electron chi connectivity index (χ1n) is 5.47. The van der Waals surface area contributed by atoms with E-state index < -0.39 is 11.7 Å². The van der Waals surface area contributed by atoms with Crippen LogP contribution in [0.4, 0.5) is 0 Å². The molecule has 0 N–H and O–H groups in total. The lowest BCUT2D eigenvalue weighted by Gasteiger charge is -2.28. The molecular weight excluding hydrogens is 192 g/mol. The Morgan fingerprint density at radius 1 is 1.20 bits per heavy atom. The summed E-state index contributed by atoms with van der Waals surface area (Å²) in [5, 5.41) is 0. The molecule has 0 aliphatic carbocycles. The largest absolute Gasteiger partial charge is 0.436 e. The minimum Gasteiger partial charge on any atom is -0.436 e. The fourth-order valence-corrected chi connectivity index (χ4v) is 0.977. The molecule has 0 aliphatic rings. The van der Waals surface area contributed by atoms with Gasteiger partial charge in [-0.05, 0) is 48.0 Å². The van der Waals surface area contributed by atoms with E-state index >= 15 is 0 Å². The van der Waals surface area contributed by atoms with Crippen molar-refractivity contribution in [3.8, 4) is 0 Å². The lowest BCUT2D eigenvalue weighted by atomic mass is 9.91. The molecule has 0 radical (unpaired) electrons. The first-order valence-corrected chi connectivity index (χ1v) is 5.47. The lowest BCUT2D eigenvalue weighted by Crippen LogP contribution is -2.34. The predicted molar refractivity (Wildman–Crippen MR) is 60.5 cm³/mol. The Kier molecular flexibility index (Phi) is 4.78. The zero-order valence-electron chi connectivity index (χ0n) is 11.0. The average Bonchev–Trinajstić information content (AvgIpc) is 2.00. The highest BCUT2D eigenvalue weighted by Crippen LogP contribution is 2.23. The third-order valence-corrected chi connectivity index (χ3v) is 2.23. The van der Waals surface area contributed by atoms with E-state index in [1.807, 2.05) is 41.5 Å². The summed E-state index contributed by atoms with van der Waals surface area (Å²) in [4.78, 5) is 11.7. The van der Waals surface area contributed by atoms with Gasteiger partial charge in [-0.3, -0.25) is 4.79 Å². The van der Waals surface area contributed by atoms with Gasteiger partial charge in [0.1, 0.15) is 0 Å². The third-order valence-electron chi connectivity index (χ3n) is 2.23. The molecule has 15 heavy (non-hydrogen) atoms. The number of rotatable bonds is 4. The van der Waals surface area contributed by atoms with Gasteiger partial charge in [-0.2, -0.15) is 0 Å². The quantitative estimate of drug-likeness (QED) is 0.535. The van der Waals surface area contributed by atoms with Crippen molar-refractivity contribution in [3.63, 3.8) is 0 Å². The van der Waals surface area contributed by atoms with Gasteiger partial charge in [-0.15, -0.1) is 0 Å². The highest BCUT2D eigenvalue weighted by Gasteiger charge is 2.29. The maximum absolute atomic E-state index is 11.7. The van der Waals surface area contributed by atoms with E-state index in [4.69, 9.17) is 9.47 Å². The number of esters is 1. The summed E-state index contributed by atoms with van der Waals surface area (Å²) in [6.07, 6.45) is 0.261. The van der Waals surface area contributed by atoms with Crippen LogP contribution in [-0.4, -0.2) is 17.9 Å². The van der Waals surface area contributed by atoms with Crippen LogP contribution in [-0.2, 0) is 14.3 Å². The van der Waals surface area contributed by atoms with Crippen LogP contribution in [0.1, 0.15) is 54.9 Å². The van der Waals surface area contributed by atoms with Crippen LogP contribution in [0.5, 0.6) is 0 Å². The lowest BCUT2D eigenvalue weighted by molar-refractivity contribution is -0.204. The van der Waals surface area contributed by atoms with Crippen molar-refractivity contribution in [1.82, 2.24) is 0 Å². The highest BCUT2D eigenvalue weighted by atomic mass is 16.7. The van der Waals surface area contributed by atoms with Gasteiger partial charge in [0.25, 0.3) is 0 Å². The molecule has 0 aliphatic heterocycles. The van der Waals surface area contributed by atoms with E-state index in [1.165, 1.54) is 0 Å². The van der Waals surface area contributed by atoms with Gasteiger partial charge >= 0.3 is 5.97 Å². The van der Waals surface area contributed by atoms with E-state index in [-0.39, 0.29) is 11.6 Å². The van der Waals surface area contributed by atoms with E-state index in [0.717, 1.165) is 6.42 Å². The van der Waals surface area contributed by atoms with Crippen LogP contribution in [0.3, 0.4) is 0 Å². The standard InChI is InChI=1S/C12H24O3/c1-8-12(6,7)10(13)14-9(2)15-11(3,4)5/h9H,8H2,1-7H3. The minimum absolute atomic E-state index is 0.207. The Morgan fingerprint density at radius 2 is 1.67 bits per heavy atom. The molecule has 90 valence electrons. The second-order valence-electron chi connectivity index (χ2n) is 5.44.